The monoisotopic (exact) mass is 577 g/mol. The lowest BCUT2D eigenvalue weighted by Gasteiger charge is -2.23. The third-order valence-corrected chi connectivity index (χ3v) is 9.23. The molecule has 0 aliphatic carbocycles. The highest BCUT2D eigenvalue weighted by atomic mass is 79.9. The predicted molar refractivity (Wildman–Crippen MR) is 123 cm³/mol. The summed E-state index contributed by atoms with van der Waals surface area (Å²) in [6.07, 6.45) is 0. The van der Waals surface area contributed by atoms with Gasteiger partial charge in [0.15, 0.2) is 0 Å². The molecule has 3 rings (SSSR count). The molecule has 0 saturated heterocycles. The number of benzene rings is 2. The first-order valence-corrected chi connectivity index (χ1v) is 12.3. The van der Waals surface area contributed by atoms with Gasteiger partial charge in [0, 0.05) is 4.47 Å². The van der Waals surface area contributed by atoms with E-state index in [4.69, 9.17) is 16.3 Å². The smallest absolute Gasteiger partial charge is 0.282 e. The fraction of sp³-hybridized carbons (Fsp3) is 0.105. The Hall–Kier alpha value is -1.39. The Morgan fingerprint density at radius 1 is 1.10 bits per heavy atom. The molecule has 1 amide bonds. The molecular formula is C19H14Br2ClNO4S2. The van der Waals surface area contributed by atoms with Crippen LogP contribution in [0.15, 0.2) is 61.7 Å². The van der Waals surface area contributed by atoms with Gasteiger partial charge in [0.05, 0.1) is 31.4 Å². The lowest BCUT2D eigenvalue weighted by Crippen LogP contribution is -2.36. The first-order chi connectivity index (χ1) is 13.6. The minimum Gasteiger partial charge on any atom is -0.495 e. The van der Waals surface area contributed by atoms with Gasteiger partial charge in [-0.15, -0.1) is 11.3 Å². The summed E-state index contributed by atoms with van der Waals surface area (Å²) >= 11 is 14.0. The molecular weight excluding hydrogens is 566 g/mol. The summed E-state index contributed by atoms with van der Waals surface area (Å²) in [5, 5.41) is 0.190. The Morgan fingerprint density at radius 3 is 2.28 bits per heavy atom. The number of hydrogen-bond acceptors (Lipinski definition) is 5. The van der Waals surface area contributed by atoms with Gasteiger partial charge in [-0.1, -0.05) is 29.3 Å². The molecule has 0 saturated carbocycles. The molecule has 10 heteroatoms. The normalized spacial score (nSPS) is 11.3. The molecule has 3 aromatic rings. The number of ether oxygens (including phenoxy) is 1. The third-order valence-electron chi connectivity index (χ3n) is 3.97. The van der Waals surface area contributed by atoms with Gasteiger partial charge >= 0.3 is 0 Å². The number of halogens is 3. The van der Waals surface area contributed by atoms with Crippen molar-refractivity contribution in [2.75, 3.05) is 11.4 Å². The van der Waals surface area contributed by atoms with Crippen molar-refractivity contribution in [2.24, 2.45) is 0 Å². The van der Waals surface area contributed by atoms with Crippen LogP contribution >= 0.6 is 54.8 Å². The molecule has 0 atom stereocenters. The topological polar surface area (TPSA) is 63.7 Å². The number of thiophene rings is 1. The summed E-state index contributed by atoms with van der Waals surface area (Å²) < 4.78 is 34.1. The summed E-state index contributed by atoms with van der Waals surface area (Å²) in [7, 11) is -2.75. The van der Waals surface area contributed by atoms with Gasteiger partial charge < -0.3 is 4.74 Å². The van der Waals surface area contributed by atoms with E-state index in [0.717, 1.165) is 21.2 Å². The molecule has 0 radical (unpaired) electrons. The minimum absolute atomic E-state index is 0.00178. The van der Waals surface area contributed by atoms with Crippen molar-refractivity contribution in [2.45, 2.75) is 11.8 Å². The van der Waals surface area contributed by atoms with Crippen LogP contribution < -0.4 is 9.04 Å². The minimum atomic E-state index is -4.20. The molecule has 2 aromatic carbocycles. The standard InChI is InChI=1S/C19H14Br2ClNO4S2/c1-11-3-6-13(7-4-11)29(25,26)23(12-5-8-16(27-2)15(22)9-12)19(24)17-10-14(20)18(21)28-17/h3-10H,1-2H3. The van der Waals surface area contributed by atoms with E-state index in [1.54, 1.807) is 18.2 Å². The van der Waals surface area contributed by atoms with Crippen molar-refractivity contribution in [1.82, 2.24) is 0 Å². The highest BCUT2D eigenvalue weighted by Gasteiger charge is 2.33. The van der Waals surface area contributed by atoms with Crippen molar-refractivity contribution in [1.29, 1.82) is 0 Å². The van der Waals surface area contributed by atoms with Crippen LogP contribution in [0.3, 0.4) is 0 Å². The number of rotatable bonds is 5. The van der Waals surface area contributed by atoms with E-state index >= 15 is 0 Å². The van der Waals surface area contributed by atoms with Gasteiger partial charge in [-0.25, -0.2) is 8.42 Å². The highest BCUT2D eigenvalue weighted by Crippen LogP contribution is 2.37. The van der Waals surface area contributed by atoms with Gasteiger partial charge in [0.1, 0.15) is 5.75 Å². The molecule has 0 aliphatic heterocycles. The fourth-order valence-electron chi connectivity index (χ4n) is 2.51. The van der Waals surface area contributed by atoms with Crippen molar-refractivity contribution < 1.29 is 17.9 Å². The van der Waals surface area contributed by atoms with E-state index in [-0.39, 0.29) is 20.5 Å². The average molecular weight is 580 g/mol. The maximum Gasteiger partial charge on any atom is 0.282 e. The van der Waals surface area contributed by atoms with Crippen LogP contribution in [0.5, 0.6) is 5.75 Å². The van der Waals surface area contributed by atoms with Crippen molar-refractivity contribution in [3.63, 3.8) is 0 Å². The largest absolute Gasteiger partial charge is 0.495 e. The maximum atomic E-state index is 13.4. The van der Waals surface area contributed by atoms with E-state index < -0.39 is 15.9 Å². The number of aryl methyl sites for hydroxylation is 1. The van der Waals surface area contributed by atoms with Crippen LogP contribution in [-0.4, -0.2) is 21.4 Å². The second-order valence-corrected chi connectivity index (χ2v) is 11.4. The highest BCUT2D eigenvalue weighted by molar-refractivity contribution is 9.13. The van der Waals surface area contributed by atoms with Crippen LogP contribution in [-0.2, 0) is 10.0 Å². The molecule has 0 bridgehead atoms. The molecule has 1 heterocycles. The number of sulfonamides is 1. The number of hydrogen-bond donors (Lipinski definition) is 0. The summed E-state index contributed by atoms with van der Waals surface area (Å²) in [5.74, 6) is -0.319. The lowest BCUT2D eigenvalue weighted by molar-refractivity contribution is 0.101. The Bertz CT molecular complexity index is 1160. The quantitative estimate of drug-likeness (QED) is 0.357. The van der Waals surface area contributed by atoms with E-state index in [9.17, 15) is 13.2 Å². The van der Waals surface area contributed by atoms with Crippen LogP contribution in [0.1, 0.15) is 15.2 Å². The zero-order valence-electron chi connectivity index (χ0n) is 15.1. The predicted octanol–water partition coefficient (Wildman–Crippen LogP) is 6.28. The van der Waals surface area contributed by atoms with Gasteiger partial charge in [0.2, 0.25) is 0 Å². The molecule has 0 N–H and O–H groups in total. The number of anilines is 1. The van der Waals surface area contributed by atoms with Crippen LogP contribution in [0.4, 0.5) is 5.69 Å². The number of carbonyl (C=O) groups is 1. The van der Waals surface area contributed by atoms with Crippen LogP contribution in [0.2, 0.25) is 5.02 Å². The van der Waals surface area contributed by atoms with E-state index in [1.807, 2.05) is 6.92 Å². The number of carbonyl (C=O) groups excluding carboxylic acids is 1. The number of nitrogens with zero attached hydrogens (tertiary/aromatic N) is 1. The zero-order valence-corrected chi connectivity index (χ0v) is 20.7. The number of amides is 1. The second kappa shape index (κ2) is 8.77. The van der Waals surface area contributed by atoms with Crippen molar-refractivity contribution in [3.8, 4) is 5.75 Å². The second-order valence-electron chi connectivity index (χ2n) is 5.94. The van der Waals surface area contributed by atoms with Crippen molar-refractivity contribution >= 4 is 76.4 Å². The van der Waals surface area contributed by atoms with Gasteiger partial charge in [-0.3, -0.25) is 4.79 Å². The lowest BCUT2D eigenvalue weighted by atomic mass is 10.2. The average Bonchev–Trinajstić information content (AvgIpc) is 3.01. The summed E-state index contributed by atoms with van der Waals surface area (Å²) in [5.41, 5.74) is 1.02. The Labute approximate surface area is 194 Å². The van der Waals surface area contributed by atoms with E-state index in [1.165, 1.54) is 37.4 Å². The summed E-state index contributed by atoms with van der Waals surface area (Å²) in [6, 6.07) is 12.2. The first-order valence-electron chi connectivity index (χ1n) is 8.10. The first kappa shape index (κ1) is 22.3. The van der Waals surface area contributed by atoms with Gasteiger partial charge in [0.25, 0.3) is 15.9 Å². The maximum absolute atomic E-state index is 13.4. The molecule has 0 spiro atoms. The molecule has 29 heavy (non-hydrogen) atoms. The van der Waals surface area contributed by atoms with Crippen molar-refractivity contribution in [3.05, 3.63) is 72.3 Å². The molecule has 0 aliphatic rings. The third kappa shape index (κ3) is 4.54. The van der Waals surface area contributed by atoms with Gasteiger partial charge in [-0.2, -0.15) is 4.31 Å². The zero-order chi connectivity index (χ0) is 21.3. The SMILES string of the molecule is COc1ccc(N(C(=O)c2cc(Br)c(Br)s2)S(=O)(=O)c2ccc(C)cc2)cc1Cl. The Kier molecular flexibility index (Phi) is 6.74. The molecule has 1 aromatic heterocycles. The summed E-state index contributed by atoms with van der Waals surface area (Å²) in [4.78, 5) is 13.5. The van der Waals surface area contributed by atoms with Crippen LogP contribution in [0.25, 0.3) is 0 Å². The summed E-state index contributed by atoms with van der Waals surface area (Å²) in [6.45, 7) is 1.85. The molecule has 0 unspecified atom stereocenters. The Morgan fingerprint density at radius 2 is 1.76 bits per heavy atom. The van der Waals surface area contributed by atoms with E-state index in [0.29, 0.717) is 14.0 Å². The van der Waals surface area contributed by atoms with E-state index in [2.05, 4.69) is 31.9 Å². The number of methoxy groups -OCH3 is 1. The Balaban J connectivity index is 2.19. The molecule has 0 fully saturated rings. The molecule has 152 valence electrons. The van der Waals surface area contributed by atoms with Crippen LogP contribution in [0, 0.1) is 6.92 Å². The fourth-order valence-corrected chi connectivity index (χ4v) is 6.19. The van der Waals surface area contributed by atoms with Gasteiger partial charge in [-0.05, 0) is 75.2 Å². The molecule has 5 nitrogen and oxygen atoms in total.